The SMILES string of the molecule is Cn1nc([C@@H]2CCC(=O)NC2=O)c2cccc(-c3cc[nH]c3)c21. The highest BCUT2D eigenvalue weighted by molar-refractivity contribution is 6.04. The molecular formula is C17H16N4O2. The molecule has 1 aromatic carbocycles. The average molecular weight is 308 g/mol. The van der Waals surface area contributed by atoms with Crippen LogP contribution in [-0.4, -0.2) is 26.6 Å². The Labute approximate surface area is 132 Å². The number of aryl methyl sites for hydroxylation is 1. The van der Waals surface area contributed by atoms with Crippen LogP contribution >= 0.6 is 0 Å². The van der Waals surface area contributed by atoms with Crippen molar-refractivity contribution in [3.63, 3.8) is 0 Å². The van der Waals surface area contributed by atoms with Crippen molar-refractivity contribution in [2.24, 2.45) is 7.05 Å². The number of fused-ring (bicyclic) bond motifs is 1. The van der Waals surface area contributed by atoms with Crippen LogP contribution in [0.15, 0.2) is 36.7 Å². The van der Waals surface area contributed by atoms with Crippen LogP contribution in [0.2, 0.25) is 0 Å². The van der Waals surface area contributed by atoms with Crippen LogP contribution in [0, 0.1) is 0 Å². The van der Waals surface area contributed by atoms with E-state index in [1.54, 1.807) is 0 Å². The number of nitrogens with one attached hydrogen (secondary N) is 2. The maximum absolute atomic E-state index is 12.2. The number of aromatic nitrogens is 3. The lowest BCUT2D eigenvalue weighted by Crippen LogP contribution is -2.39. The van der Waals surface area contributed by atoms with Crippen LogP contribution in [0.4, 0.5) is 0 Å². The number of carbonyl (C=O) groups excluding carboxylic acids is 2. The molecule has 1 aliphatic heterocycles. The van der Waals surface area contributed by atoms with Gasteiger partial charge >= 0.3 is 0 Å². The molecule has 3 heterocycles. The van der Waals surface area contributed by atoms with Crippen molar-refractivity contribution in [1.82, 2.24) is 20.1 Å². The number of benzene rings is 1. The lowest BCUT2D eigenvalue weighted by atomic mass is 9.92. The highest BCUT2D eigenvalue weighted by Gasteiger charge is 2.31. The van der Waals surface area contributed by atoms with Gasteiger partial charge in [0, 0.05) is 42.4 Å². The third-order valence-corrected chi connectivity index (χ3v) is 4.37. The van der Waals surface area contributed by atoms with E-state index in [4.69, 9.17) is 0 Å². The molecule has 6 nitrogen and oxygen atoms in total. The van der Waals surface area contributed by atoms with Gasteiger partial charge in [0.15, 0.2) is 0 Å². The maximum Gasteiger partial charge on any atom is 0.235 e. The zero-order valence-electron chi connectivity index (χ0n) is 12.7. The number of carbonyl (C=O) groups is 2. The minimum atomic E-state index is -0.377. The Morgan fingerprint density at radius 2 is 2.13 bits per heavy atom. The molecule has 1 fully saturated rings. The van der Waals surface area contributed by atoms with E-state index in [9.17, 15) is 9.59 Å². The molecule has 2 amide bonds. The average Bonchev–Trinajstić information content (AvgIpc) is 3.16. The van der Waals surface area contributed by atoms with Gasteiger partial charge in [-0.3, -0.25) is 19.6 Å². The molecule has 0 aliphatic carbocycles. The number of hydrogen-bond acceptors (Lipinski definition) is 3. The van der Waals surface area contributed by atoms with E-state index < -0.39 is 0 Å². The number of amides is 2. The van der Waals surface area contributed by atoms with Gasteiger partial charge < -0.3 is 4.98 Å². The fourth-order valence-electron chi connectivity index (χ4n) is 3.30. The topological polar surface area (TPSA) is 79.8 Å². The van der Waals surface area contributed by atoms with Gasteiger partial charge in [-0.2, -0.15) is 5.10 Å². The third-order valence-electron chi connectivity index (χ3n) is 4.37. The number of nitrogens with zero attached hydrogens (tertiary/aromatic N) is 2. The van der Waals surface area contributed by atoms with Crippen molar-refractivity contribution >= 4 is 22.7 Å². The number of hydrogen-bond donors (Lipinski definition) is 2. The Morgan fingerprint density at radius 3 is 2.87 bits per heavy atom. The summed E-state index contributed by atoms with van der Waals surface area (Å²) in [5, 5.41) is 7.96. The molecule has 0 saturated carbocycles. The summed E-state index contributed by atoms with van der Waals surface area (Å²) < 4.78 is 1.82. The zero-order chi connectivity index (χ0) is 16.0. The van der Waals surface area contributed by atoms with E-state index in [1.165, 1.54) is 0 Å². The number of aromatic amines is 1. The van der Waals surface area contributed by atoms with Crippen molar-refractivity contribution in [2.45, 2.75) is 18.8 Å². The van der Waals surface area contributed by atoms with Crippen LogP contribution in [0.3, 0.4) is 0 Å². The molecule has 1 aliphatic rings. The molecule has 3 aromatic rings. The minimum absolute atomic E-state index is 0.209. The van der Waals surface area contributed by atoms with Gasteiger partial charge in [0.2, 0.25) is 11.8 Å². The highest BCUT2D eigenvalue weighted by atomic mass is 16.2. The summed E-state index contributed by atoms with van der Waals surface area (Å²) in [5.74, 6) is -0.842. The maximum atomic E-state index is 12.2. The first-order chi connectivity index (χ1) is 11.1. The van der Waals surface area contributed by atoms with Gasteiger partial charge in [-0.1, -0.05) is 18.2 Å². The predicted molar refractivity (Wildman–Crippen MR) is 85.6 cm³/mol. The molecular weight excluding hydrogens is 292 g/mol. The van der Waals surface area contributed by atoms with Gasteiger partial charge in [-0.25, -0.2) is 0 Å². The Morgan fingerprint density at radius 1 is 1.26 bits per heavy atom. The molecule has 0 spiro atoms. The van der Waals surface area contributed by atoms with Crippen molar-refractivity contribution in [3.8, 4) is 11.1 Å². The Balaban J connectivity index is 1.89. The quantitative estimate of drug-likeness (QED) is 0.711. The molecule has 0 unspecified atom stereocenters. The molecule has 1 saturated heterocycles. The number of piperidine rings is 1. The van der Waals surface area contributed by atoms with E-state index in [2.05, 4.69) is 15.4 Å². The smallest absolute Gasteiger partial charge is 0.235 e. The van der Waals surface area contributed by atoms with Crippen molar-refractivity contribution in [3.05, 3.63) is 42.4 Å². The molecule has 116 valence electrons. The van der Waals surface area contributed by atoms with E-state index in [-0.39, 0.29) is 17.7 Å². The normalized spacial score (nSPS) is 18.4. The molecule has 2 aromatic heterocycles. The van der Waals surface area contributed by atoms with Crippen LogP contribution in [0.5, 0.6) is 0 Å². The minimum Gasteiger partial charge on any atom is -0.367 e. The van der Waals surface area contributed by atoms with Crippen LogP contribution in [0.1, 0.15) is 24.5 Å². The number of rotatable bonds is 2. The predicted octanol–water partition coefficient (Wildman–Crippen LogP) is 2.09. The fourth-order valence-corrected chi connectivity index (χ4v) is 3.30. The lowest BCUT2D eigenvalue weighted by molar-refractivity contribution is -0.134. The third kappa shape index (κ3) is 2.14. The number of para-hydroxylation sites is 1. The van der Waals surface area contributed by atoms with Crippen LogP contribution in [0.25, 0.3) is 22.0 Å². The molecule has 0 bridgehead atoms. The van der Waals surface area contributed by atoms with Gasteiger partial charge in [0.1, 0.15) is 0 Å². The fraction of sp³-hybridized carbons (Fsp3) is 0.235. The van der Waals surface area contributed by atoms with Crippen molar-refractivity contribution in [2.75, 3.05) is 0 Å². The molecule has 1 atom stereocenters. The highest BCUT2D eigenvalue weighted by Crippen LogP contribution is 2.34. The summed E-state index contributed by atoms with van der Waals surface area (Å²) in [6.45, 7) is 0. The second-order valence-electron chi connectivity index (χ2n) is 5.81. The first-order valence-corrected chi connectivity index (χ1v) is 7.57. The second-order valence-corrected chi connectivity index (χ2v) is 5.81. The summed E-state index contributed by atoms with van der Waals surface area (Å²) in [4.78, 5) is 26.6. The second kappa shape index (κ2) is 5.08. The van der Waals surface area contributed by atoms with Crippen molar-refractivity contribution < 1.29 is 9.59 Å². The van der Waals surface area contributed by atoms with Gasteiger partial charge in [-0.15, -0.1) is 0 Å². The van der Waals surface area contributed by atoms with Crippen LogP contribution in [-0.2, 0) is 16.6 Å². The lowest BCUT2D eigenvalue weighted by Gasteiger charge is -2.19. The standard InChI is InChI=1S/C17H16N4O2/c1-21-16-11(10-7-8-18-9-10)3-2-4-12(16)15(20-21)13-5-6-14(22)19-17(13)23/h2-4,7-9,13,18H,5-6H2,1H3,(H,19,22,23)/t13-/m0/s1. The molecule has 0 radical (unpaired) electrons. The zero-order valence-corrected chi connectivity index (χ0v) is 12.7. The molecule has 4 rings (SSSR count). The summed E-state index contributed by atoms with van der Waals surface area (Å²) in [7, 11) is 1.88. The summed E-state index contributed by atoms with van der Waals surface area (Å²) >= 11 is 0. The first kappa shape index (κ1) is 13.8. The van der Waals surface area contributed by atoms with Gasteiger partial charge in [0.05, 0.1) is 17.1 Å². The van der Waals surface area contributed by atoms with E-state index in [0.29, 0.717) is 12.8 Å². The van der Waals surface area contributed by atoms with Gasteiger partial charge in [-0.05, 0) is 12.5 Å². The summed E-state index contributed by atoms with van der Waals surface area (Å²) in [6, 6.07) is 8.01. The van der Waals surface area contributed by atoms with Gasteiger partial charge in [0.25, 0.3) is 0 Å². The number of imide groups is 1. The van der Waals surface area contributed by atoms with Crippen molar-refractivity contribution in [1.29, 1.82) is 0 Å². The molecule has 23 heavy (non-hydrogen) atoms. The van der Waals surface area contributed by atoms with E-state index in [1.807, 2.05) is 48.4 Å². The Kier molecular flexibility index (Phi) is 3.04. The number of H-pyrrole nitrogens is 1. The van der Waals surface area contributed by atoms with Crippen LogP contribution < -0.4 is 5.32 Å². The molecule has 6 heteroatoms. The van der Waals surface area contributed by atoms with E-state index >= 15 is 0 Å². The first-order valence-electron chi connectivity index (χ1n) is 7.57. The van der Waals surface area contributed by atoms with E-state index in [0.717, 1.165) is 27.7 Å². The Hall–Kier alpha value is -2.89. The summed E-state index contributed by atoms with van der Waals surface area (Å²) in [6.07, 6.45) is 4.68. The monoisotopic (exact) mass is 308 g/mol. The largest absolute Gasteiger partial charge is 0.367 e. The summed E-state index contributed by atoms with van der Waals surface area (Å²) in [5.41, 5.74) is 3.88. The Bertz CT molecular complexity index is 908. The molecule has 2 N–H and O–H groups in total.